The van der Waals surface area contributed by atoms with Gasteiger partial charge in [-0.1, -0.05) is 32.8 Å². The Hall–Kier alpha value is -1.84. The molecule has 1 N–H and O–H groups in total. The summed E-state index contributed by atoms with van der Waals surface area (Å²) in [5.74, 6) is 0.733. The number of benzene rings is 1. The van der Waals surface area contributed by atoms with E-state index in [0.29, 0.717) is 23.0 Å². The fourth-order valence-electron chi connectivity index (χ4n) is 3.64. The Morgan fingerprint density at radius 1 is 1.38 bits per heavy atom. The van der Waals surface area contributed by atoms with Gasteiger partial charge in [-0.25, -0.2) is 9.78 Å². The van der Waals surface area contributed by atoms with Crippen LogP contribution in [-0.2, 0) is 6.42 Å². The highest BCUT2D eigenvalue weighted by Gasteiger charge is 2.27. The van der Waals surface area contributed by atoms with Gasteiger partial charge in [-0.2, -0.15) is 0 Å². The van der Waals surface area contributed by atoms with E-state index in [-0.39, 0.29) is 0 Å². The fraction of sp³-hybridized carbons (Fsp3) is 0.529. The zero-order valence-electron chi connectivity index (χ0n) is 12.7. The third kappa shape index (κ3) is 2.33. The number of carboxylic acids is 1. The lowest BCUT2D eigenvalue weighted by atomic mass is 9.85. The second-order valence-electron chi connectivity index (χ2n) is 6.06. The number of aromatic nitrogens is 2. The second kappa shape index (κ2) is 5.51. The lowest BCUT2D eigenvalue weighted by molar-refractivity contribution is 0.0699. The van der Waals surface area contributed by atoms with Crippen molar-refractivity contribution in [3.63, 3.8) is 0 Å². The number of rotatable bonds is 3. The zero-order valence-corrected chi connectivity index (χ0v) is 12.7. The van der Waals surface area contributed by atoms with Crippen LogP contribution >= 0.6 is 0 Å². The maximum Gasteiger partial charge on any atom is 0.337 e. The minimum atomic E-state index is -0.899. The van der Waals surface area contributed by atoms with Crippen LogP contribution in [0.5, 0.6) is 0 Å². The van der Waals surface area contributed by atoms with E-state index < -0.39 is 5.97 Å². The van der Waals surface area contributed by atoms with E-state index in [9.17, 15) is 9.90 Å². The molecule has 0 saturated heterocycles. The van der Waals surface area contributed by atoms with Crippen molar-refractivity contribution in [1.29, 1.82) is 0 Å². The summed E-state index contributed by atoms with van der Waals surface area (Å²) in [6, 6.07) is 5.93. The molecule has 0 spiro atoms. The SMILES string of the molecule is CCc1nc2c(C(=O)O)cccc2n1C1CCCCC1C. The molecule has 1 saturated carbocycles. The third-order valence-corrected chi connectivity index (χ3v) is 4.74. The summed E-state index contributed by atoms with van der Waals surface area (Å²) >= 11 is 0. The molecule has 112 valence electrons. The summed E-state index contributed by atoms with van der Waals surface area (Å²) in [7, 11) is 0. The van der Waals surface area contributed by atoms with Gasteiger partial charge in [0.1, 0.15) is 11.3 Å². The number of aryl methyl sites for hydroxylation is 1. The van der Waals surface area contributed by atoms with Crippen LogP contribution in [0.3, 0.4) is 0 Å². The highest BCUT2D eigenvalue weighted by atomic mass is 16.4. The molecule has 3 rings (SSSR count). The maximum atomic E-state index is 11.4. The number of hydrogen-bond donors (Lipinski definition) is 1. The van der Waals surface area contributed by atoms with Gasteiger partial charge in [0.15, 0.2) is 0 Å². The molecule has 0 aliphatic heterocycles. The van der Waals surface area contributed by atoms with Gasteiger partial charge in [0, 0.05) is 12.5 Å². The van der Waals surface area contributed by atoms with E-state index in [1.54, 1.807) is 6.07 Å². The molecule has 0 amide bonds. The predicted octanol–water partition coefficient (Wildman–Crippen LogP) is 4.05. The number of para-hydroxylation sites is 1. The van der Waals surface area contributed by atoms with Gasteiger partial charge in [0.2, 0.25) is 0 Å². The van der Waals surface area contributed by atoms with Gasteiger partial charge in [0.25, 0.3) is 0 Å². The molecule has 1 aromatic carbocycles. The lowest BCUT2D eigenvalue weighted by Gasteiger charge is -2.31. The number of imidazole rings is 1. The number of nitrogens with zero attached hydrogens (tertiary/aromatic N) is 2. The van der Waals surface area contributed by atoms with E-state index >= 15 is 0 Å². The van der Waals surface area contributed by atoms with Crippen LogP contribution in [0.25, 0.3) is 11.0 Å². The van der Waals surface area contributed by atoms with Gasteiger partial charge >= 0.3 is 5.97 Å². The first-order valence-corrected chi connectivity index (χ1v) is 7.86. The van der Waals surface area contributed by atoms with Gasteiger partial charge in [-0.15, -0.1) is 0 Å². The molecule has 21 heavy (non-hydrogen) atoms. The molecule has 1 aromatic heterocycles. The fourth-order valence-corrected chi connectivity index (χ4v) is 3.64. The van der Waals surface area contributed by atoms with Gasteiger partial charge in [-0.05, 0) is 30.9 Å². The van der Waals surface area contributed by atoms with Crippen LogP contribution in [0, 0.1) is 5.92 Å². The molecule has 0 bridgehead atoms. The van der Waals surface area contributed by atoms with Crippen molar-refractivity contribution in [3.05, 3.63) is 29.6 Å². The molecule has 2 atom stereocenters. The summed E-state index contributed by atoms with van der Waals surface area (Å²) in [6.45, 7) is 4.39. The van der Waals surface area contributed by atoms with Crippen LogP contribution in [0.4, 0.5) is 0 Å². The Morgan fingerprint density at radius 2 is 2.14 bits per heavy atom. The molecular weight excluding hydrogens is 264 g/mol. The van der Waals surface area contributed by atoms with Crippen molar-refractivity contribution in [3.8, 4) is 0 Å². The first-order valence-electron chi connectivity index (χ1n) is 7.86. The Labute approximate surface area is 124 Å². The maximum absolute atomic E-state index is 11.4. The van der Waals surface area contributed by atoms with E-state index in [0.717, 1.165) is 24.2 Å². The molecule has 0 radical (unpaired) electrons. The predicted molar refractivity (Wildman–Crippen MR) is 82.7 cm³/mol. The van der Waals surface area contributed by atoms with E-state index in [2.05, 4.69) is 23.4 Å². The molecule has 1 aliphatic carbocycles. The molecular formula is C17H22N2O2. The van der Waals surface area contributed by atoms with Crippen LogP contribution in [-0.4, -0.2) is 20.6 Å². The van der Waals surface area contributed by atoms with Crippen LogP contribution in [0.1, 0.15) is 61.8 Å². The van der Waals surface area contributed by atoms with Crippen molar-refractivity contribution in [2.45, 2.75) is 52.0 Å². The first kappa shape index (κ1) is 14.1. The van der Waals surface area contributed by atoms with Gasteiger partial charge < -0.3 is 9.67 Å². The minimum absolute atomic E-state index is 0.310. The van der Waals surface area contributed by atoms with E-state index in [1.165, 1.54) is 19.3 Å². The van der Waals surface area contributed by atoms with Crippen molar-refractivity contribution >= 4 is 17.0 Å². The summed E-state index contributed by atoms with van der Waals surface area (Å²) in [6.07, 6.45) is 5.78. The number of fused-ring (bicyclic) bond motifs is 1. The monoisotopic (exact) mass is 286 g/mol. The highest BCUT2D eigenvalue weighted by molar-refractivity contribution is 6.01. The standard InChI is InChI=1S/C17H22N2O2/c1-3-15-18-16-12(17(20)21)8-6-10-14(16)19(15)13-9-5-4-7-11(13)2/h6,8,10-11,13H,3-5,7,9H2,1-2H3,(H,20,21). The lowest BCUT2D eigenvalue weighted by Crippen LogP contribution is -2.22. The number of carbonyl (C=O) groups is 1. The summed E-state index contributed by atoms with van der Waals surface area (Å²) in [4.78, 5) is 16.1. The Balaban J connectivity index is 2.21. The quantitative estimate of drug-likeness (QED) is 0.926. The van der Waals surface area contributed by atoms with Crippen molar-refractivity contribution in [2.24, 2.45) is 5.92 Å². The molecule has 1 heterocycles. The normalized spacial score (nSPS) is 22.6. The van der Waals surface area contributed by atoms with Gasteiger partial charge in [0.05, 0.1) is 11.1 Å². The minimum Gasteiger partial charge on any atom is -0.478 e. The third-order valence-electron chi connectivity index (χ3n) is 4.74. The molecule has 2 unspecified atom stereocenters. The number of hydrogen-bond acceptors (Lipinski definition) is 2. The largest absolute Gasteiger partial charge is 0.478 e. The zero-order chi connectivity index (χ0) is 15.0. The second-order valence-corrected chi connectivity index (χ2v) is 6.06. The number of carboxylic acid groups (broad SMARTS) is 1. The average molecular weight is 286 g/mol. The Kier molecular flexibility index (Phi) is 3.70. The van der Waals surface area contributed by atoms with Crippen LogP contribution in [0.2, 0.25) is 0 Å². The smallest absolute Gasteiger partial charge is 0.337 e. The summed E-state index contributed by atoms with van der Waals surface area (Å²) in [5, 5.41) is 9.37. The van der Waals surface area contributed by atoms with E-state index in [1.807, 2.05) is 12.1 Å². The highest BCUT2D eigenvalue weighted by Crippen LogP contribution is 2.37. The number of aromatic carboxylic acids is 1. The van der Waals surface area contributed by atoms with Crippen LogP contribution < -0.4 is 0 Å². The van der Waals surface area contributed by atoms with E-state index in [4.69, 9.17) is 0 Å². The Morgan fingerprint density at radius 3 is 2.81 bits per heavy atom. The molecule has 1 fully saturated rings. The van der Waals surface area contributed by atoms with Crippen molar-refractivity contribution in [2.75, 3.05) is 0 Å². The van der Waals surface area contributed by atoms with Gasteiger partial charge in [-0.3, -0.25) is 0 Å². The van der Waals surface area contributed by atoms with Crippen molar-refractivity contribution < 1.29 is 9.90 Å². The summed E-state index contributed by atoms with van der Waals surface area (Å²) in [5.41, 5.74) is 1.93. The average Bonchev–Trinajstić information content (AvgIpc) is 2.85. The van der Waals surface area contributed by atoms with Crippen LogP contribution in [0.15, 0.2) is 18.2 Å². The molecule has 4 nitrogen and oxygen atoms in total. The first-order chi connectivity index (χ1) is 10.1. The topological polar surface area (TPSA) is 55.1 Å². The molecule has 2 aromatic rings. The van der Waals surface area contributed by atoms with Crippen molar-refractivity contribution in [1.82, 2.24) is 9.55 Å². The summed E-state index contributed by atoms with van der Waals surface area (Å²) < 4.78 is 2.31. The molecule has 1 aliphatic rings. The molecule has 4 heteroatoms. The Bertz CT molecular complexity index is 675.